The predicted octanol–water partition coefficient (Wildman–Crippen LogP) is 3.79. The summed E-state index contributed by atoms with van der Waals surface area (Å²) in [5.74, 6) is 2.31. The lowest BCUT2D eigenvalue weighted by Crippen LogP contribution is -2.14. The first-order valence-corrected chi connectivity index (χ1v) is 11.2. The highest BCUT2D eigenvalue weighted by molar-refractivity contribution is 7.92. The second kappa shape index (κ2) is 7.87. The largest absolute Gasteiger partial charge is 0.496 e. The number of nitrogens with one attached hydrogen (secondary N) is 1. The van der Waals surface area contributed by atoms with Gasteiger partial charge in [0.15, 0.2) is 5.82 Å². The third kappa shape index (κ3) is 3.85. The molecular formula is C21H24N4O3S. The molecule has 0 unspecified atom stereocenters. The molecule has 2 aromatic carbocycles. The van der Waals surface area contributed by atoms with Crippen LogP contribution in [0.2, 0.25) is 0 Å². The fourth-order valence-electron chi connectivity index (χ4n) is 3.67. The second-order valence-corrected chi connectivity index (χ2v) is 8.87. The third-order valence-electron chi connectivity index (χ3n) is 5.20. The van der Waals surface area contributed by atoms with Gasteiger partial charge < -0.3 is 9.30 Å². The van der Waals surface area contributed by atoms with Crippen LogP contribution in [0.15, 0.2) is 47.4 Å². The molecule has 4 rings (SSSR count). The van der Waals surface area contributed by atoms with Gasteiger partial charge in [0.25, 0.3) is 10.0 Å². The zero-order valence-corrected chi connectivity index (χ0v) is 17.4. The number of sulfonamides is 1. The first-order chi connectivity index (χ1) is 14.0. The minimum absolute atomic E-state index is 0.186. The van der Waals surface area contributed by atoms with Crippen LogP contribution >= 0.6 is 0 Å². The Morgan fingerprint density at radius 3 is 2.69 bits per heavy atom. The van der Waals surface area contributed by atoms with Gasteiger partial charge in [-0.3, -0.25) is 4.72 Å². The van der Waals surface area contributed by atoms with Crippen LogP contribution in [0, 0.1) is 6.92 Å². The Morgan fingerprint density at radius 1 is 1.07 bits per heavy atom. The number of hydrogen-bond donors (Lipinski definition) is 1. The molecular weight excluding hydrogens is 388 g/mol. The minimum atomic E-state index is -3.77. The van der Waals surface area contributed by atoms with E-state index in [1.165, 1.54) is 0 Å². The van der Waals surface area contributed by atoms with E-state index in [-0.39, 0.29) is 4.90 Å². The summed E-state index contributed by atoms with van der Waals surface area (Å²) in [4.78, 5) is 0.186. The highest BCUT2D eigenvalue weighted by Crippen LogP contribution is 2.31. The monoisotopic (exact) mass is 412 g/mol. The normalized spacial score (nSPS) is 14.1. The smallest absolute Gasteiger partial charge is 0.261 e. The maximum absolute atomic E-state index is 13.0. The van der Waals surface area contributed by atoms with Crippen molar-refractivity contribution in [3.63, 3.8) is 0 Å². The Bertz CT molecular complexity index is 1140. The number of anilines is 1. The zero-order chi connectivity index (χ0) is 20.4. The fourth-order valence-corrected chi connectivity index (χ4v) is 4.84. The fraction of sp³-hybridized carbons (Fsp3) is 0.333. The lowest BCUT2D eigenvalue weighted by Gasteiger charge is -2.14. The number of nitrogens with zero attached hydrogens (tertiary/aromatic N) is 3. The van der Waals surface area contributed by atoms with Crippen molar-refractivity contribution >= 4 is 15.7 Å². The molecule has 0 saturated carbocycles. The van der Waals surface area contributed by atoms with Gasteiger partial charge in [-0.1, -0.05) is 18.6 Å². The molecule has 1 aliphatic rings. The van der Waals surface area contributed by atoms with Crippen molar-refractivity contribution in [2.24, 2.45) is 0 Å². The van der Waals surface area contributed by atoms with E-state index in [0.29, 0.717) is 17.3 Å². The second-order valence-electron chi connectivity index (χ2n) is 7.18. The predicted molar refractivity (Wildman–Crippen MR) is 112 cm³/mol. The zero-order valence-electron chi connectivity index (χ0n) is 16.6. The first kappa shape index (κ1) is 19.4. The van der Waals surface area contributed by atoms with E-state index in [4.69, 9.17) is 4.74 Å². The molecule has 0 radical (unpaired) electrons. The molecule has 0 saturated heterocycles. The Labute approximate surface area is 170 Å². The Hall–Kier alpha value is -2.87. The average Bonchev–Trinajstić information content (AvgIpc) is 2.96. The van der Waals surface area contributed by atoms with Gasteiger partial charge in [0.2, 0.25) is 0 Å². The van der Waals surface area contributed by atoms with Gasteiger partial charge in [0.05, 0.1) is 17.7 Å². The molecule has 0 bridgehead atoms. The van der Waals surface area contributed by atoms with Gasteiger partial charge in [0, 0.05) is 18.5 Å². The highest BCUT2D eigenvalue weighted by atomic mass is 32.2. The number of aromatic nitrogens is 3. The molecule has 29 heavy (non-hydrogen) atoms. The number of fused-ring (bicyclic) bond motifs is 1. The standard InChI is InChI=1S/C21H24N4O3S/c1-15-14-16(11-12-19(15)28-2)29(26,27)24-18-9-6-5-8-17(18)21-23-22-20-10-4-3-7-13-25(20)21/h5-6,8-9,11-12,14,24H,3-4,7,10,13H2,1-2H3. The molecule has 1 aromatic heterocycles. The van der Waals surface area contributed by atoms with Gasteiger partial charge in [-0.05, 0) is 55.7 Å². The summed E-state index contributed by atoms with van der Waals surface area (Å²) >= 11 is 0. The van der Waals surface area contributed by atoms with Gasteiger partial charge in [-0.15, -0.1) is 10.2 Å². The van der Waals surface area contributed by atoms with Crippen LogP contribution in [0.1, 0.15) is 30.7 Å². The molecule has 1 aliphatic heterocycles. The van der Waals surface area contributed by atoms with Crippen LogP contribution < -0.4 is 9.46 Å². The van der Waals surface area contributed by atoms with E-state index >= 15 is 0 Å². The van der Waals surface area contributed by atoms with Crippen LogP contribution in [0.5, 0.6) is 5.75 Å². The molecule has 0 atom stereocenters. The minimum Gasteiger partial charge on any atom is -0.496 e. The summed E-state index contributed by atoms with van der Waals surface area (Å²) in [5.41, 5.74) is 1.97. The summed E-state index contributed by atoms with van der Waals surface area (Å²) in [5, 5.41) is 8.71. The molecule has 8 heteroatoms. The van der Waals surface area contributed by atoms with E-state index < -0.39 is 10.0 Å². The van der Waals surface area contributed by atoms with E-state index in [1.807, 2.05) is 19.1 Å². The van der Waals surface area contributed by atoms with Crippen LogP contribution in [0.4, 0.5) is 5.69 Å². The van der Waals surface area contributed by atoms with E-state index in [0.717, 1.165) is 49.2 Å². The average molecular weight is 413 g/mol. The van der Waals surface area contributed by atoms with Gasteiger partial charge >= 0.3 is 0 Å². The van der Waals surface area contributed by atoms with Crippen molar-refractivity contribution in [3.05, 3.63) is 53.9 Å². The SMILES string of the molecule is COc1ccc(S(=O)(=O)Nc2ccccc2-c2nnc3n2CCCCC3)cc1C. The van der Waals surface area contributed by atoms with Crippen molar-refractivity contribution in [1.29, 1.82) is 0 Å². The van der Waals surface area contributed by atoms with E-state index in [1.54, 1.807) is 37.4 Å². The number of aryl methyl sites for hydroxylation is 2. The summed E-state index contributed by atoms with van der Waals surface area (Å²) in [6, 6.07) is 12.1. The highest BCUT2D eigenvalue weighted by Gasteiger charge is 2.21. The molecule has 3 aromatic rings. The van der Waals surface area contributed by atoms with Crippen molar-refractivity contribution in [2.45, 2.75) is 44.0 Å². The molecule has 152 valence electrons. The lowest BCUT2D eigenvalue weighted by atomic mass is 10.1. The number of benzene rings is 2. The summed E-state index contributed by atoms with van der Waals surface area (Å²) < 4.78 is 36.1. The molecule has 0 amide bonds. The maximum atomic E-state index is 13.0. The van der Waals surface area contributed by atoms with Crippen molar-refractivity contribution in [3.8, 4) is 17.1 Å². The van der Waals surface area contributed by atoms with Crippen molar-refractivity contribution in [1.82, 2.24) is 14.8 Å². The van der Waals surface area contributed by atoms with E-state index in [9.17, 15) is 8.42 Å². The molecule has 2 heterocycles. The Morgan fingerprint density at radius 2 is 1.90 bits per heavy atom. The number of ether oxygens (including phenoxy) is 1. The molecule has 0 fully saturated rings. The third-order valence-corrected chi connectivity index (χ3v) is 6.56. The van der Waals surface area contributed by atoms with Crippen LogP contribution in [-0.4, -0.2) is 30.3 Å². The van der Waals surface area contributed by atoms with Crippen molar-refractivity contribution < 1.29 is 13.2 Å². The number of rotatable bonds is 5. The summed E-state index contributed by atoms with van der Waals surface area (Å²) in [6.07, 6.45) is 4.22. The van der Waals surface area contributed by atoms with Crippen molar-refractivity contribution in [2.75, 3.05) is 11.8 Å². The Balaban J connectivity index is 1.71. The molecule has 1 N–H and O–H groups in total. The van der Waals surface area contributed by atoms with Crippen LogP contribution in [0.25, 0.3) is 11.4 Å². The van der Waals surface area contributed by atoms with Gasteiger partial charge in [-0.2, -0.15) is 0 Å². The summed E-state index contributed by atoms with van der Waals surface area (Å²) in [7, 11) is -2.20. The molecule has 7 nitrogen and oxygen atoms in total. The van der Waals surface area contributed by atoms with Crippen LogP contribution in [0.3, 0.4) is 0 Å². The first-order valence-electron chi connectivity index (χ1n) is 9.68. The van der Waals surface area contributed by atoms with Crippen LogP contribution in [-0.2, 0) is 23.0 Å². The van der Waals surface area contributed by atoms with Gasteiger partial charge in [0.1, 0.15) is 11.6 Å². The summed E-state index contributed by atoms with van der Waals surface area (Å²) in [6.45, 7) is 2.66. The topological polar surface area (TPSA) is 86.1 Å². The van der Waals surface area contributed by atoms with Gasteiger partial charge in [-0.25, -0.2) is 8.42 Å². The number of methoxy groups -OCH3 is 1. The Kier molecular flexibility index (Phi) is 5.27. The number of para-hydroxylation sites is 1. The lowest BCUT2D eigenvalue weighted by molar-refractivity contribution is 0.411. The molecule has 0 spiro atoms. The number of hydrogen-bond acceptors (Lipinski definition) is 5. The van der Waals surface area contributed by atoms with E-state index in [2.05, 4.69) is 19.5 Å². The quantitative estimate of drug-likeness (QED) is 0.689. The maximum Gasteiger partial charge on any atom is 0.261 e. The molecule has 0 aliphatic carbocycles.